The molecule has 1 unspecified atom stereocenters. The number of aromatic nitrogens is 1. The van der Waals surface area contributed by atoms with Crippen molar-refractivity contribution >= 4 is 28.4 Å². The van der Waals surface area contributed by atoms with Gasteiger partial charge in [-0.25, -0.2) is 9.37 Å². The maximum atomic E-state index is 12.7. The van der Waals surface area contributed by atoms with E-state index in [0.717, 1.165) is 11.3 Å². The van der Waals surface area contributed by atoms with E-state index in [1.165, 1.54) is 19.1 Å². The molecule has 1 atom stereocenters. The van der Waals surface area contributed by atoms with Crippen molar-refractivity contribution in [3.63, 3.8) is 0 Å². The van der Waals surface area contributed by atoms with Crippen LogP contribution in [0.4, 0.5) is 13.2 Å². The van der Waals surface area contributed by atoms with Crippen molar-refractivity contribution in [2.75, 3.05) is 12.4 Å². The monoisotopic (exact) mass is 352 g/mol. The van der Waals surface area contributed by atoms with E-state index in [9.17, 15) is 17.4 Å². The fourth-order valence-corrected chi connectivity index (χ4v) is 3.81. The summed E-state index contributed by atoms with van der Waals surface area (Å²) < 4.78 is 48.8. The molecule has 0 N–H and O–H groups in total. The van der Waals surface area contributed by atoms with Gasteiger partial charge in [-0.2, -0.15) is 8.78 Å². The van der Waals surface area contributed by atoms with Crippen LogP contribution < -0.4 is 0 Å². The zero-order chi connectivity index (χ0) is 16.1. The fraction of sp³-hybridized carbons (Fsp3) is 0.538. The minimum Gasteiger partial charge on any atom is -0.395 e. The molecule has 1 aliphatic carbocycles. The van der Waals surface area contributed by atoms with E-state index in [-0.39, 0.29) is 10.1 Å². The second-order valence-electron chi connectivity index (χ2n) is 4.87. The van der Waals surface area contributed by atoms with E-state index < -0.39 is 29.1 Å². The Morgan fingerprint density at radius 1 is 1.50 bits per heavy atom. The zero-order valence-corrected chi connectivity index (χ0v) is 13.5. The highest BCUT2D eigenvalue weighted by Crippen LogP contribution is 2.29. The first-order valence-corrected chi connectivity index (χ1v) is 8.81. The Balaban J connectivity index is 1.89. The van der Waals surface area contributed by atoms with Crippen molar-refractivity contribution < 1.29 is 22.2 Å². The molecule has 1 aromatic heterocycles. The molecule has 1 saturated carbocycles. The topological polar surface area (TPSA) is 51.5 Å². The summed E-state index contributed by atoms with van der Waals surface area (Å²) in [7, 11) is -1.62. The Labute approximate surface area is 132 Å². The van der Waals surface area contributed by atoms with Gasteiger partial charge in [0.25, 0.3) is 0 Å². The van der Waals surface area contributed by atoms with Crippen molar-refractivity contribution in [1.82, 2.24) is 4.98 Å². The number of hydrogen-bond donors (Lipinski definition) is 0. The largest absolute Gasteiger partial charge is 0.395 e. The summed E-state index contributed by atoms with van der Waals surface area (Å²) in [5.41, 5.74) is 0.625. The van der Waals surface area contributed by atoms with Crippen LogP contribution in [0.1, 0.15) is 29.8 Å². The molecule has 1 aliphatic rings. The molecule has 1 fully saturated rings. The number of oxime groups is 1. The Hall–Kier alpha value is -1.22. The van der Waals surface area contributed by atoms with Crippen molar-refractivity contribution in [2.24, 2.45) is 11.1 Å². The lowest BCUT2D eigenvalue weighted by atomic mass is 10.4. The molecule has 4 nitrogen and oxygen atoms in total. The van der Waals surface area contributed by atoms with E-state index in [4.69, 9.17) is 4.84 Å². The quantitative estimate of drug-likeness (QED) is 0.528. The summed E-state index contributed by atoms with van der Waals surface area (Å²) in [5, 5.41) is 3.83. The van der Waals surface area contributed by atoms with Crippen LogP contribution in [0.2, 0.25) is 0 Å². The fourth-order valence-electron chi connectivity index (χ4n) is 1.48. The van der Waals surface area contributed by atoms with Crippen molar-refractivity contribution in [3.05, 3.63) is 22.5 Å². The SMILES string of the molecule is Cc1nc(S(=O)CCC(F)=C(F)F)sc1C=NOCC1CC1. The molecule has 0 radical (unpaired) electrons. The summed E-state index contributed by atoms with van der Waals surface area (Å²) in [6, 6.07) is 0. The van der Waals surface area contributed by atoms with Crippen LogP contribution in [0.5, 0.6) is 0 Å². The molecule has 1 aromatic rings. The number of aryl methyl sites for hydroxylation is 1. The number of rotatable bonds is 8. The maximum absolute atomic E-state index is 12.7. The van der Waals surface area contributed by atoms with Gasteiger partial charge in [0.15, 0.2) is 10.2 Å². The highest BCUT2D eigenvalue weighted by Gasteiger charge is 2.21. The first-order valence-electron chi connectivity index (χ1n) is 6.68. The van der Waals surface area contributed by atoms with Gasteiger partial charge in [-0.15, -0.1) is 11.3 Å². The molecule has 0 aliphatic heterocycles. The first kappa shape index (κ1) is 17.1. The molecular weight excluding hydrogens is 337 g/mol. The van der Waals surface area contributed by atoms with Gasteiger partial charge in [0.1, 0.15) is 6.61 Å². The average molecular weight is 352 g/mol. The van der Waals surface area contributed by atoms with Crippen LogP contribution in [-0.2, 0) is 15.6 Å². The van der Waals surface area contributed by atoms with Crippen molar-refractivity contribution in [3.8, 4) is 0 Å². The molecular formula is C13H15F3N2O2S2. The second kappa shape index (κ2) is 7.87. The van der Waals surface area contributed by atoms with Gasteiger partial charge in [0.05, 0.1) is 27.6 Å². The summed E-state index contributed by atoms with van der Waals surface area (Å²) >= 11 is 1.14. The standard InChI is InChI=1S/C13H15F3N2O2S2/c1-8-11(6-17-20-7-9-2-3-9)21-13(18-8)22(19)5-4-10(14)12(15)16/h6,9H,2-5,7H2,1H3. The minimum atomic E-state index is -2.37. The minimum absolute atomic E-state index is 0.231. The van der Waals surface area contributed by atoms with Crippen LogP contribution in [0, 0.1) is 12.8 Å². The van der Waals surface area contributed by atoms with Gasteiger partial charge in [-0.3, -0.25) is 4.21 Å². The van der Waals surface area contributed by atoms with Crippen LogP contribution in [0.15, 0.2) is 21.4 Å². The first-order chi connectivity index (χ1) is 10.5. The lowest BCUT2D eigenvalue weighted by Crippen LogP contribution is -1.98. The van der Waals surface area contributed by atoms with Crippen LogP contribution >= 0.6 is 11.3 Å². The van der Waals surface area contributed by atoms with E-state index in [1.807, 2.05) is 0 Å². The third-order valence-electron chi connectivity index (χ3n) is 2.97. The molecule has 0 bridgehead atoms. The van der Waals surface area contributed by atoms with Crippen molar-refractivity contribution in [1.29, 1.82) is 0 Å². The molecule has 0 spiro atoms. The lowest BCUT2D eigenvalue weighted by Gasteiger charge is -1.96. The second-order valence-corrected chi connectivity index (χ2v) is 7.64. The number of halogens is 3. The number of allylic oxidation sites excluding steroid dienone is 1. The molecule has 0 saturated heterocycles. The van der Waals surface area contributed by atoms with Gasteiger partial charge < -0.3 is 4.84 Å². The summed E-state index contributed by atoms with van der Waals surface area (Å²) in [5.74, 6) is -1.16. The summed E-state index contributed by atoms with van der Waals surface area (Å²) in [4.78, 5) is 9.92. The maximum Gasteiger partial charge on any atom is 0.301 e. The average Bonchev–Trinajstić information content (AvgIpc) is 3.23. The van der Waals surface area contributed by atoms with Crippen molar-refractivity contribution in [2.45, 2.75) is 30.5 Å². The zero-order valence-electron chi connectivity index (χ0n) is 11.9. The van der Waals surface area contributed by atoms with Gasteiger partial charge in [-0.05, 0) is 25.7 Å². The van der Waals surface area contributed by atoms with Gasteiger partial charge in [-0.1, -0.05) is 5.16 Å². The van der Waals surface area contributed by atoms with Gasteiger partial charge >= 0.3 is 6.08 Å². The number of hydrogen-bond acceptors (Lipinski definition) is 5. The molecule has 2 rings (SSSR count). The van der Waals surface area contributed by atoms with Crippen LogP contribution in [-0.4, -0.2) is 27.8 Å². The predicted molar refractivity (Wildman–Crippen MR) is 79.4 cm³/mol. The van der Waals surface area contributed by atoms with E-state index in [1.54, 1.807) is 6.92 Å². The molecule has 0 aromatic carbocycles. The highest BCUT2D eigenvalue weighted by molar-refractivity contribution is 7.87. The third-order valence-corrected chi connectivity index (χ3v) is 5.72. The van der Waals surface area contributed by atoms with Crippen LogP contribution in [0.25, 0.3) is 0 Å². The summed E-state index contributed by atoms with van der Waals surface area (Å²) in [6.07, 6.45) is 0.901. The van der Waals surface area contributed by atoms with Gasteiger partial charge in [0.2, 0.25) is 0 Å². The highest BCUT2D eigenvalue weighted by atomic mass is 32.2. The summed E-state index contributed by atoms with van der Waals surface area (Å²) in [6.45, 7) is 2.31. The molecule has 1 heterocycles. The Morgan fingerprint density at radius 2 is 2.23 bits per heavy atom. The van der Waals surface area contributed by atoms with E-state index >= 15 is 0 Å². The van der Waals surface area contributed by atoms with Gasteiger partial charge in [0, 0.05) is 12.2 Å². The number of nitrogens with zero attached hydrogens (tertiary/aromatic N) is 2. The molecule has 22 heavy (non-hydrogen) atoms. The Bertz CT molecular complexity index is 608. The Morgan fingerprint density at radius 3 is 2.86 bits per heavy atom. The Kier molecular flexibility index (Phi) is 6.13. The smallest absolute Gasteiger partial charge is 0.301 e. The molecule has 122 valence electrons. The lowest BCUT2D eigenvalue weighted by molar-refractivity contribution is 0.135. The number of thiazole rings is 1. The molecule has 9 heteroatoms. The van der Waals surface area contributed by atoms with E-state index in [2.05, 4.69) is 10.1 Å². The van der Waals surface area contributed by atoms with E-state index in [0.29, 0.717) is 23.1 Å². The normalized spacial score (nSPS) is 16.0. The predicted octanol–water partition coefficient (Wildman–Crippen LogP) is 3.79. The molecule has 0 amide bonds. The third kappa shape index (κ3) is 5.20. The van der Waals surface area contributed by atoms with Crippen LogP contribution in [0.3, 0.4) is 0 Å².